The molecule has 1 aliphatic rings. The van der Waals surface area contributed by atoms with Gasteiger partial charge >= 0.3 is 5.97 Å². The third-order valence-electron chi connectivity index (χ3n) is 3.17. The van der Waals surface area contributed by atoms with E-state index in [9.17, 15) is 4.79 Å². The maximum atomic E-state index is 10.5. The molecule has 0 unspecified atom stereocenters. The van der Waals surface area contributed by atoms with Crippen LogP contribution in [-0.4, -0.2) is 16.1 Å². The van der Waals surface area contributed by atoms with Crippen LogP contribution in [0.2, 0.25) is 0 Å². The van der Waals surface area contributed by atoms with Crippen molar-refractivity contribution in [3.8, 4) is 0 Å². The summed E-state index contributed by atoms with van der Waals surface area (Å²) in [4.78, 5) is 14.9. The molecule has 0 atom stereocenters. The molecule has 16 heavy (non-hydrogen) atoms. The van der Waals surface area contributed by atoms with Gasteiger partial charge in [-0.15, -0.1) is 0 Å². The summed E-state index contributed by atoms with van der Waals surface area (Å²) < 4.78 is 5.50. The Labute approximate surface area is 94.7 Å². The van der Waals surface area contributed by atoms with E-state index in [1.807, 2.05) is 6.92 Å². The lowest BCUT2D eigenvalue weighted by atomic mass is 10.0. The molecule has 0 amide bonds. The summed E-state index contributed by atoms with van der Waals surface area (Å²) in [6, 6.07) is 0. The minimum Gasteiger partial charge on any atom is -0.481 e. The fourth-order valence-electron chi connectivity index (χ4n) is 2.36. The summed E-state index contributed by atoms with van der Waals surface area (Å²) in [6.45, 7) is 1.92. The number of rotatable bonds is 4. The summed E-state index contributed by atoms with van der Waals surface area (Å²) in [5.74, 6) is 1.16. The van der Waals surface area contributed by atoms with Gasteiger partial charge in [0, 0.05) is 12.3 Å². The van der Waals surface area contributed by atoms with E-state index in [0.717, 1.165) is 11.5 Å². The number of carboxylic acids is 1. The molecule has 1 aromatic rings. The minimum atomic E-state index is -0.807. The summed E-state index contributed by atoms with van der Waals surface area (Å²) in [5, 5.41) is 8.59. The average molecular weight is 223 g/mol. The third kappa shape index (κ3) is 2.43. The molecule has 1 N–H and O–H groups in total. The second-order valence-electron chi connectivity index (χ2n) is 4.42. The van der Waals surface area contributed by atoms with E-state index in [4.69, 9.17) is 9.52 Å². The number of nitrogens with zero attached hydrogens (tertiary/aromatic N) is 1. The molecular weight excluding hydrogens is 206 g/mol. The van der Waals surface area contributed by atoms with Crippen molar-refractivity contribution in [1.29, 1.82) is 0 Å². The fraction of sp³-hybridized carbons (Fsp3) is 0.667. The molecule has 1 saturated carbocycles. The standard InChI is InChI=1S/C12H17NO3/c1-8-12(9-4-2-3-5-9)13-10(16-8)6-7-11(14)15/h9H,2-7H2,1H3,(H,14,15). The van der Waals surface area contributed by atoms with Crippen LogP contribution in [0.4, 0.5) is 0 Å². The van der Waals surface area contributed by atoms with Gasteiger partial charge in [0.05, 0.1) is 12.1 Å². The van der Waals surface area contributed by atoms with Crippen LogP contribution in [0.15, 0.2) is 4.42 Å². The van der Waals surface area contributed by atoms with Crippen LogP contribution in [0, 0.1) is 6.92 Å². The molecule has 1 aromatic heterocycles. The number of hydrogen-bond donors (Lipinski definition) is 1. The molecule has 4 heteroatoms. The largest absolute Gasteiger partial charge is 0.481 e. The second-order valence-corrected chi connectivity index (χ2v) is 4.42. The zero-order chi connectivity index (χ0) is 11.5. The molecule has 4 nitrogen and oxygen atoms in total. The second kappa shape index (κ2) is 4.68. The first-order valence-electron chi connectivity index (χ1n) is 5.85. The van der Waals surface area contributed by atoms with E-state index >= 15 is 0 Å². The highest BCUT2D eigenvalue weighted by Crippen LogP contribution is 2.35. The lowest BCUT2D eigenvalue weighted by molar-refractivity contribution is -0.137. The molecule has 2 rings (SSSR count). The number of oxazole rings is 1. The Morgan fingerprint density at radius 3 is 2.81 bits per heavy atom. The van der Waals surface area contributed by atoms with Crippen molar-refractivity contribution in [2.45, 2.75) is 51.4 Å². The smallest absolute Gasteiger partial charge is 0.303 e. The Bertz CT molecular complexity index is 378. The zero-order valence-corrected chi connectivity index (χ0v) is 9.53. The van der Waals surface area contributed by atoms with E-state index in [0.29, 0.717) is 18.2 Å². The van der Waals surface area contributed by atoms with Crippen LogP contribution >= 0.6 is 0 Å². The van der Waals surface area contributed by atoms with Gasteiger partial charge in [0.25, 0.3) is 0 Å². The number of aromatic nitrogens is 1. The van der Waals surface area contributed by atoms with Crippen molar-refractivity contribution < 1.29 is 14.3 Å². The molecule has 0 bridgehead atoms. The fourth-order valence-corrected chi connectivity index (χ4v) is 2.36. The van der Waals surface area contributed by atoms with Gasteiger partial charge in [-0.25, -0.2) is 4.98 Å². The van der Waals surface area contributed by atoms with Crippen molar-refractivity contribution in [3.63, 3.8) is 0 Å². The lowest BCUT2D eigenvalue weighted by Gasteiger charge is -2.03. The SMILES string of the molecule is Cc1oc(CCC(=O)O)nc1C1CCCC1. The highest BCUT2D eigenvalue weighted by atomic mass is 16.4. The van der Waals surface area contributed by atoms with Crippen molar-refractivity contribution in [2.75, 3.05) is 0 Å². The van der Waals surface area contributed by atoms with Gasteiger partial charge < -0.3 is 9.52 Å². The molecule has 1 fully saturated rings. The van der Waals surface area contributed by atoms with Crippen LogP contribution in [0.25, 0.3) is 0 Å². The summed E-state index contributed by atoms with van der Waals surface area (Å²) in [7, 11) is 0. The molecule has 0 aliphatic heterocycles. The number of hydrogen-bond acceptors (Lipinski definition) is 3. The Hall–Kier alpha value is -1.32. The molecule has 0 radical (unpaired) electrons. The summed E-state index contributed by atoms with van der Waals surface area (Å²) >= 11 is 0. The molecular formula is C12H17NO3. The Kier molecular flexibility index (Phi) is 3.27. The van der Waals surface area contributed by atoms with Crippen LogP contribution in [-0.2, 0) is 11.2 Å². The summed E-state index contributed by atoms with van der Waals surface area (Å²) in [6.07, 6.45) is 5.38. The van der Waals surface area contributed by atoms with Crippen LogP contribution in [0.1, 0.15) is 55.4 Å². The molecule has 0 spiro atoms. The van der Waals surface area contributed by atoms with Gasteiger partial charge in [-0.3, -0.25) is 4.79 Å². The average Bonchev–Trinajstić information content (AvgIpc) is 2.83. The van der Waals surface area contributed by atoms with Gasteiger partial charge in [-0.2, -0.15) is 0 Å². The predicted octanol–water partition coefficient (Wildman–Crippen LogP) is 2.66. The normalized spacial score (nSPS) is 16.8. The van der Waals surface area contributed by atoms with Crippen LogP contribution in [0.3, 0.4) is 0 Å². The van der Waals surface area contributed by atoms with Crippen molar-refractivity contribution in [3.05, 3.63) is 17.3 Å². The third-order valence-corrected chi connectivity index (χ3v) is 3.17. The number of carbonyl (C=O) groups is 1. The Balaban J connectivity index is 2.05. The monoisotopic (exact) mass is 223 g/mol. The van der Waals surface area contributed by atoms with Crippen LogP contribution in [0.5, 0.6) is 0 Å². The predicted molar refractivity (Wildman–Crippen MR) is 58.4 cm³/mol. The Morgan fingerprint density at radius 2 is 2.19 bits per heavy atom. The topological polar surface area (TPSA) is 63.3 Å². The number of aryl methyl sites for hydroxylation is 2. The van der Waals surface area contributed by atoms with Crippen molar-refractivity contribution in [2.24, 2.45) is 0 Å². The van der Waals surface area contributed by atoms with Crippen molar-refractivity contribution in [1.82, 2.24) is 4.98 Å². The van der Waals surface area contributed by atoms with Crippen LogP contribution < -0.4 is 0 Å². The first kappa shape index (κ1) is 11.2. The quantitative estimate of drug-likeness (QED) is 0.852. The van der Waals surface area contributed by atoms with Crippen molar-refractivity contribution >= 4 is 5.97 Å². The van der Waals surface area contributed by atoms with E-state index in [1.165, 1.54) is 25.7 Å². The van der Waals surface area contributed by atoms with E-state index in [1.54, 1.807) is 0 Å². The van der Waals surface area contributed by atoms with E-state index in [2.05, 4.69) is 4.98 Å². The van der Waals surface area contributed by atoms with E-state index < -0.39 is 5.97 Å². The minimum absolute atomic E-state index is 0.0874. The van der Waals surface area contributed by atoms with Gasteiger partial charge in [0.1, 0.15) is 5.76 Å². The Morgan fingerprint density at radius 1 is 1.50 bits per heavy atom. The highest BCUT2D eigenvalue weighted by molar-refractivity contribution is 5.66. The maximum Gasteiger partial charge on any atom is 0.303 e. The summed E-state index contributed by atoms with van der Waals surface area (Å²) in [5.41, 5.74) is 1.05. The maximum absolute atomic E-state index is 10.5. The molecule has 88 valence electrons. The van der Waals surface area contributed by atoms with Gasteiger partial charge in [-0.05, 0) is 19.8 Å². The molecule has 0 aromatic carbocycles. The molecule has 0 saturated heterocycles. The lowest BCUT2D eigenvalue weighted by Crippen LogP contribution is -1.99. The zero-order valence-electron chi connectivity index (χ0n) is 9.53. The molecule has 1 aliphatic carbocycles. The van der Waals surface area contributed by atoms with Gasteiger partial charge in [-0.1, -0.05) is 12.8 Å². The van der Waals surface area contributed by atoms with Gasteiger partial charge in [0.15, 0.2) is 5.89 Å². The number of carboxylic acid groups (broad SMARTS) is 1. The van der Waals surface area contributed by atoms with Gasteiger partial charge in [0.2, 0.25) is 0 Å². The first-order chi connectivity index (χ1) is 7.66. The number of aliphatic carboxylic acids is 1. The highest BCUT2D eigenvalue weighted by Gasteiger charge is 2.23. The molecule has 1 heterocycles. The first-order valence-corrected chi connectivity index (χ1v) is 5.85. The van der Waals surface area contributed by atoms with E-state index in [-0.39, 0.29) is 6.42 Å².